The maximum Gasteiger partial charge on any atom is 0.437 e. The highest BCUT2D eigenvalue weighted by Gasteiger charge is 2.38. The van der Waals surface area contributed by atoms with Crippen molar-refractivity contribution in [2.45, 2.75) is 32.6 Å². The van der Waals surface area contributed by atoms with E-state index in [0.717, 1.165) is 25.5 Å². The third kappa shape index (κ3) is 11.7. The molecule has 0 heterocycles. The summed E-state index contributed by atoms with van der Waals surface area (Å²) in [5, 5.41) is 6.99. The van der Waals surface area contributed by atoms with Gasteiger partial charge in [0.15, 0.2) is 5.71 Å². The predicted molar refractivity (Wildman–Crippen MR) is 128 cm³/mol. The Balaban J connectivity index is 0.000000384. The molecule has 0 fully saturated rings. The number of oxime groups is 1. The fourth-order valence-electron chi connectivity index (χ4n) is 2.51. The Hall–Kier alpha value is -2.97. The van der Waals surface area contributed by atoms with Crippen LogP contribution in [0.15, 0.2) is 58.7 Å². The maximum atomic E-state index is 12.9. The molecule has 206 valence electrons. The fraction of sp³-hybridized carbons (Fsp3) is 0.391. The van der Waals surface area contributed by atoms with Crippen molar-refractivity contribution >= 4 is 23.5 Å². The lowest BCUT2D eigenvalue weighted by atomic mass is 10.1. The molecule has 0 N–H and O–H groups in total. The van der Waals surface area contributed by atoms with Gasteiger partial charge in [0.1, 0.15) is 17.2 Å². The number of rotatable bonds is 11. The Bertz CT molecular complexity index is 981. The summed E-state index contributed by atoms with van der Waals surface area (Å²) < 4.78 is 90.5. The third-order valence-electron chi connectivity index (χ3n) is 4.09. The number of ether oxygens (including phenoxy) is 2. The summed E-state index contributed by atoms with van der Waals surface area (Å²) in [6.07, 6.45) is -8.31. The number of alkyl halides is 6. The van der Waals surface area contributed by atoms with Crippen molar-refractivity contribution in [2.75, 3.05) is 26.5 Å². The highest BCUT2D eigenvalue weighted by molar-refractivity contribution is 7.94. The van der Waals surface area contributed by atoms with E-state index in [1.807, 2.05) is 13.8 Å². The van der Waals surface area contributed by atoms with Crippen molar-refractivity contribution in [3.63, 3.8) is 0 Å². The van der Waals surface area contributed by atoms with Gasteiger partial charge in [-0.1, -0.05) is 6.92 Å². The first kappa shape index (κ1) is 32.1. The minimum atomic E-state index is -4.70. The lowest BCUT2D eigenvalue weighted by Crippen LogP contribution is -2.24. The molecular weight excluding hydrogens is 530 g/mol. The second-order valence-electron chi connectivity index (χ2n) is 6.73. The van der Waals surface area contributed by atoms with Crippen LogP contribution in [0.5, 0.6) is 11.5 Å². The number of hydrogen-bond acceptors (Lipinski definition) is 8. The van der Waals surface area contributed by atoms with E-state index >= 15 is 0 Å². The third-order valence-corrected chi connectivity index (χ3v) is 4.81. The normalized spacial score (nSPS) is 12.5. The van der Waals surface area contributed by atoms with Crippen LogP contribution in [0.4, 0.5) is 26.3 Å². The summed E-state index contributed by atoms with van der Waals surface area (Å²) in [5.74, 6) is 1.58. The van der Waals surface area contributed by atoms with E-state index in [4.69, 9.17) is 9.47 Å². The molecule has 0 bridgehead atoms. The van der Waals surface area contributed by atoms with Gasteiger partial charge in [-0.2, -0.15) is 31.3 Å². The van der Waals surface area contributed by atoms with Crippen LogP contribution >= 0.6 is 12.0 Å². The Morgan fingerprint density at radius 1 is 0.811 bits per heavy atom. The number of hydrogen-bond donors (Lipinski definition) is 0. The van der Waals surface area contributed by atoms with Crippen molar-refractivity contribution in [3.05, 3.63) is 59.7 Å². The van der Waals surface area contributed by atoms with Crippen molar-refractivity contribution in [2.24, 2.45) is 10.1 Å². The summed E-state index contributed by atoms with van der Waals surface area (Å²) in [5.41, 5.74) is -2.27. The molecule has 0 saturated heterocycles. The molecule has 0 aromatic heterocycles. The zero-order chi connectivity index (χ0) is 27.9. The predicted octanol–water partition coefficient (Wildman–Crippen LogP) is 6.97. The molecule has 2 aromatic carbocycles. The van der Waals surface area contributed by atoms with Gasteiger partial charge in [-0.3, -0.25) is 4.99 Å². The molecule has 7 nitrogen and oxygen atoms in total. The van der Waals surface area contributed by atoms with Crippen molar-refractivity contribution in [1.29, 1.82) is 0 Å². The molecule has 0 aliphatic rings. The molecule has 37 heavy (non-hydrogen) atoms. The summed E-state index contributed by atoms with van der Waals surface area (Å²) in [7, 11) is 2.54. The van der Waals surface area contributed by atoms with Crippen LogP contribution in [0.1, 0.15) is 31.4 Å². The van der Waals surface area contributed by atoms with E-state index in [9.17, 15) is 26.3 Å². The van der Waals surface area contributed by atoms with E-state index in [1.165, 1.54) is 55.6 Å². The van der Waals surface area contributed by atoms with Crippen LogP contribution < -0.4 is 9.47 Å². The van der Waals surface area contributed by atoms with Crippen LogP contribution in [-0.2, 0) is 14.4 Å². The smallest absolute Gasteiger partial charge is 0.437 e. The number of benzene rings is 2. The molecule has 0 aliphatic carbocycles. The van der Waals surface area contributed by atoms with Gasteiger partial charge < -0.3 is 9.47 Å². The van der Waals surface area contributed by atoms with Crippen molar-refractivity contribution in [3.8, 4) is 11.5 Å². The molecular formula is C23H26F6N2O5S. The van der Waals surface area contributed by atoms with E-state index in [0.29, 0.717) is 23.9 Å². The van der Waals surface area contributed by atoms with Gasteiger partial charge in [0.2, 0.25) is 0 Å². The first-order chi connectivity index (χ1) is 17.5. The van der Waals surface area contributed by atoms with Gasteiger partial charge in [0, 0.05) is 41.0 Å². The summed E-state index contributed by atoms with van der Waals surface area (Å²) in [4.78, 5) is 7.33. The topological polar surface area (TPSA) is 70.9 Å². The molecule has 14 heteroatoms. The zero-order valence-corrected chi connectivity index (χ0v) is 21.2. The second kappa shape index (κ2) is 16.0. The van der Waals surface area contributed by atoms with Crippen LogP contribution in [0.2, 0.25) is 0 Å². The quantitative estimate of drug-likeness (QED) is 0.0744. The molecule has 0 aliphatic heterocycles. The lowest BCUT2D eigenvalue weighted by molar-refractivity contribution is -0.462. The van der Waals surface area contributed by atoms with Crippen molar-refractivity contribution in [1.82, 2.24) is 0 Å². The summed E-state index contributed by atoms with van der Waals surface area (Å²) in [6, 6.07) is 10.9. The van der Waals surface area contributed by atoms with Gasteiger partial charge in [-0.25, -0.2) is 0 Å². The number of aliphatic imine (C=N–C) groups is 1. The van der Waals surface area contributed by atoms with E-state index < -0.39 is 23.8 Å². The molecule has 0 amide bonds. The molecule has 0 unspecified atom stereocenters. The highest BCUT2D eigenvalue weighted by Crippen LogP contribution is 2.25. The molecule has 0 atom stereocenters. The van der Waals surface area contributed by atoms with E-state index in [1.54, 1.807) is 0 Å². The molecule has 2 aromatic rings. The first-order valence-electron chi connectivity index (χ1n) is 10.7. The van der Waals surface area contributed by atoms with E-state index in [2.05, 4.69) is 24.5 Å². The monoisotopic (exact) mass is 556 g/mol. The summed E-state index contributed by atoms with van der Waals surface area (Å²) >= 11 is 0.899. The first-order valence-corrected chi connectivity index (χ1v) is 11.6. The van der Waals surface area contributed by atoms with Crippen LogP contribution in [0.25, 0.3) is 0 Å². The van der Waals surface area contributed by atoms with Crippen molar-refractivity contribution < 1.29 is 50.2 Å². The maximum absolute atomic E-state index is 12.9. The second-order valence-corrected chi connectivity index (χ2v) is 7.51. The zero-order valence-electron chi connectivity index (χ0n) is 20.4. The summed E-state index contributed by atoms with van der Waals surface area (Å²) in [6.45, 7) is 4.19. The average Bonchev–Trinajstić information content (AvgIpc) is 2.84. The van der Waals surface area contributed by atoms with Gasteiger partial charge in [0.25, 0.3) is 0 Å². The minimum Gasteiger partial charge on any atom is -0.497 e. The van der Waals surface area contributed by atoms with Gasteiger partial charge in [-0.15, -0.1) is 4.33 Å². The average molecular weight is 557 g/mol. The number of methoxy groups -OCH3 is 1. The highest BCUT2D eigenvalue weighted by atomic mass is 32.2. The van der Waals surface area contributed by atoms with Gasteiger partial charge in [0.05, 0.1) is 13.7 Å². The Morgan fingerprint density at radius 3 is 1.76 bits per heavy atom. The Labute approximate surface area is 214 Å². The molecule has 0 saturated carbocycles. The largest absolute Gasteiger partial charge is 0.497 e. The lowest BCUT2D eigenvalue weighted by Gasteiger charge is -2.10. The van der Waals surface area contributed by atoms with Gasteiger partial charge >= 0.3 is 12.4 Å². The Morgan fingerprint density at radius 2 is 1.32 bits per heavy atom. The van der Waals surface area contributed by atoms with E-state index in [-0.39, 0.29) is 11.1 Å². The number of halogens is 6. The minimum absolute atomic E-state index is 0.0402. The fourth-order valence-corrected chi connectivity index (χ4v) is 2.81. The SMILES string of the molecule is CCCSOOO/N=C(\c1ccc(OC)cc1)C(F)(F)F.CCOc1ccc(C(=NC)C(F)(F)F)cc1. The Kier molecular flexibility index (Phi) is 13.9. The number of nitrogens with zero attached hydrogens (tertiary/aromatic N) is 2. The van der Waals surface area contributed by atoms with Crippen LogP contribution in [0, 0.1) is 0 Å². The molecule has 2 rings (SSSR count). The standard InChI is InChI=1S/C12H14F3NO4S.C11H12F3NO/c1-3-8-21-20-19-18-16-11(12(13,14)15)9-4-6-10(17-2)7-5-9;1-3-16-9-6-4-8(5-7-9)10(15-2)11(12,13)14/h4-7H,3,8H2,1-2H3;4-7H,3H2,1-2H3/b16-11+;. The molecule has 0 radical (unpaired) electrons. The van der Waals surface area contributed by atoms with Crippen LogP contribution in [-0.4, -0.2) is 50.3 Å². The van der Waals surface area contributed by atoms with Crippen LogP contribution in [0.3, 0.4) is 0 Å². The van der Waals surface area contributed by atoms with Gasteiger partial charge in [-0.05, 0) is 67.0 Å². The molecule has 0 spiro atoms.